The van der Waals surface area contributed by atoms with Gasteiger partial charge in [0, 0.05) is 24.7 Å². The summed E-state index contributed by atoms with van der Waals surface area (Å²) in [7, 11) is 0. The molecular formula is C17H22N2O2S. The molecular weight excluding hydrogens is 296 g/mol. The van der Waals surface area contributed by atoms with E-state index in [9.17, 15) is 4.79 Å². The van der Waals surface area contributed by atoms with Gasteiger partial charge in [0.25, 0.3) is 0 Å². The minimum Gasteiger partial charge on any atom is -0.396 e. The van der Waals surface area contributed by atoms with E-state index in [0.29, 0.717) is 18.2 Å². The molecule has 1 aromatic carbocycles. The van der Waals surface area contributed by atoms with E-state index in [4.69, 9.17) is 5.11 Å². The third kappa shape index (κ3) is 4.71. The summed E-state index contributed by atoms with van der Waals surface area (Å²) in [6.07, 6.45) is 3.46. The van der Waals surface area contributed by atoms with Crippen molar-refractivity contribution >= 4 is 28.4 Å². The zero-order valence-electron chi connectivity index (χ0n) is 12.8. The number of benzene rings is 1. The molecule has 22 heavy (non-hydrogen) atoms. The number of pyridine rings is 1. The second-order valence-electron chi connectivity index (χ2n) is 5.22. The third-order valence-electron chi connectivity index (χ3n) is 3.68. The smallest absolute Gasteiger partial charge is 0.230 e. The molecule has 1 unspecified atom stereocenters. The van der Waals surface area contributed by atoms with Crippen molar-refractivity contribution in [1.82, 2.24) is 10.3 Å². The zero-order valence-corrected chi connectivity index (χ0v) is 13.6. The van der Waals surface area contributed by atoms with Crippen molar-refractivity contribution in [2.24, 2.45) is 5.92 Å². The standard InChI is InChI=1S/C17H22N2O2S/c1-2-13(8-10-20)11-19-16(21)12-22-17-15-6-4-3-5-14(15)7-9-18-17/h3-7,9,13,20H,2,8,10-12H2,1H3,(H,19,21). The fourth-order valence-corrected chi connectivity index (χ4v) is 3.13. The molecule has 0 aliphatic heterocycles. The maximum Gasteiger partial charge on any atom is 0.230 e. The van der Waals surface area contributed by atoms with E-state index in [0.717, 1.165) is 28.6 Å². The molecule has 0 aliphatic rings. The van der Waals surface area contributed by atoms with E-state index < -0.39 is 0 Å². The van der Waals surface area contributed by atoms with Crippen molar-refractivity contribution in [3.8, 4) is 0 Å². The summed E-state index contributed by atoms with van der Waals surface area (Å²) in [5.41, 5.74) is 0. The minimum atomic E-state index is 0.0103. The highest BCUT2D eigenvalue weighted by atomic mass is 32.2. The van der Waals surface area contributed by atoms with Crippen LogP contribution in [0.1, 0.15) is 19.8 Å². The molecule has 0 saturated carbocycles. The SMILES string of the molecule is CCC(CCO)CNC(=O)CSc1nccc2ccccc12. The molecule has 1 heterocycles. The summed E-state index contributed by atoms with van der Waals surface area (Å²) in [6, 6.07) is 10.0. The van der Waals surface area contributed by atoms with Crippen LogP contribution < -0.4 is 5.32 Å². The topological polar surface area (TPSA) is 62.2 Å². The van der Waals surface area contributed by atoms with Gasteiger partial charge in [0.05, 0.1) is 5.75 Å². The average Bonchev–Trinajstić information content (AvgIpc) is 2.56. The zero-order chi connectivity index (χ0) is 15.8. The van der Waals surface area contributed by atoms with Crippen LogP contribution in [0.25, 0.3) is 10.8 Å². The van der Waals surface area contributed by atoms with Crippen molar-refractivity contribution in [3.63, 3.8) is 0 Å². The van der Waals surface area contributed by atoms with E-state index in [1.807, 2.05) is 30.3 Å². The largest absolute Gasteiger partial charge is 0.396 e. The molecule has 2 aromatic rings. The number of nitrogens with zero attached hydrogens (tertiary/aromatic N) is 1. The molecule has 5 heteroatoms. The summed E-state index contributed by atoms with van der Waals surface area (Å²) in [5.74, 6) is 0.710. The maximum absolute atomic E-state index is 12.0. The number of hydrogen-bond donors (Lipinski definition) is 2. The van der Waals surface area contributed by atoms with Crippen molar-refractivity contribution in [2.45, 2.75) is 24.8 Å². The van der Waals surface area contributed by atoms with Gasteiger partial charge in [-0.3, -0.25) is 4.79 Å². The summed E-state index contributed by atoms with van der Waals surface area (Å²) in [6.45, 7) is 2.86. The molecule has 118 valence electrons. The number of amides is 1. The monoisotopic (exact) mass is 318 g/mol. The fraction of sp³-hybridized carbons (Fsp3) is 0.412. The third-order valence-corrected chi connectivity index (χ3v) is 4.68. The van der Waals surface area contributed by atoms with E-state index >= 15 is 0 Å². The molecule has 0 aliphatic carbocycles. The van der Waals surface area contributed by atoms with Gasteiger partial charge in [-0.1, -0.05) is 49.4 Å². The Kier molecular flexibility index (Phi) is 6.68. The number of carbonyl (C=O) groups excluding carboxylic acids is 1. The van der Waals surface area contributed by atoms with E-state index in [-0.39, 0.29) is 12.5 Å². The molecule has 4 nitrogen and oxygen atoms in total. The Morgan fingerprint density at radius 3 is 2.95 bits per heavy atom. The summed E-state index contributed by atoms with van der Waals surface area (Å²) in [4.78, 5) is 16.3. The molecule has 0 bridgehead atoms. The van der Waals surface area contributed by atoms with Gasteiger partial charge >= 0.3 is 0 Å². The second-order valence-corrected chi connectivity index (χ2v) is 6.18. The number of fused-ring (bicyclic) bond motifs is 1. The Morgan fingerprint density at radius 1 is 1.36 bits per heavy atom. The first kappa shape index (κ1) is 16.8. The molecule has 0 fully saturated rings. The van der Waals surface area contributed by atoms with Crippen molar-refractivity contribution in [2.75, 3.05) is 18.9 Å². The lowest BCUT2D eigenvalue weighted by atomic mass is 10.0. The fourth-order valence-electron chi connectivity index (χ4n) is 2.28. The molecule has 2 rings (SSSR count). The number of aromatic nitrogens is 1. The second kappa shape index (κ2) is 8.76. The van der Waals surface area contributed by atoms with Crippen molar-refractivity contribution in [3.05, 3.63) is 36.5 Å². The van der Waals surface area contributed by atoms with Crippen LogP contribution in [0, 0.1) is 5.92 Å². The van der Waals surface area contributed by atoms with Gasteiger partial charge < -0.3 is 10.4 Å². The normalized spacial score (nSPS) is 12.3. The Hall–Kier alpha value is -1.59. The van der Waals surface area contributed by atoms with Gasteiger partial charge in [0.2, 0.25) is 5.91 Å². The van der Waals surface area contributed by atoms with Crippen molar-refractivity contribution in [1.29, 1.82) is 0 Å². The first-order valence-corrected chi connectivity index (χ1v) is 8.57. The average molecular weight is 318 g/mol. The first-order chi connectivity index (χ1) is 10.7. The van der Waals surface area contributed by atoms with E-state index in [2.05, 4.69) is 17.2 Å². The highest BCUT2D eigenvalue weighted by Crippen LogP contribution is 2.25. The van der Waals surface area contributed by atoms with Crippen LogP contribution in [-0.4, -0.2) is 34.9 Å². The van der Waals surface area contributed by atoms with E-state index in [1.54, 1.807) is 6.20 Å². The number of nitrogens with one attached hydrogen (secondary N) is 1. The van der Waals surface area contributed by atoms with Crippen LogP contribution >= 0.6 is 11.8 Å². The van der Waals surface area contributed by atoms with Gasteiger partial charge in [0.15, 0.2) is 0 Å². The Morgan fingerprint density at radius 2 is 2.18 bits per heavy atom. The molecule has 1 aromatic heterocycles. The molecule has 0 spiro atoms. The van der Waals surface area contributed by atoms with Gasteiger partial charge in [-0.15, -0.1) is 0 Å². The summed E-state index contributed by atoms with van der Waals surface area (Å²) in [5, 5.41) is 15.0. The Balaban J connectivity index is 1.88. The summed E-state index contributed by atoms with van der Waals surface area (Å²) >= 11 is 1.46. The van der Waals surface area contributed by atoms with Gasteiger partial charge in [-0.25, -0.2) is 4.98 Å². The Bertz CT molecular complexity index is 613. The van der Waals surface area contributed by atoms with Crippen LogP contribution in [0.15, 0.2) is 41.6 Å². The first-order valence-electron chi connectivity index (χ1n) is 7.58. The number of aliphatic hydroxyl groups excluding tert-OH is 1. The Labute approximate surface area is 135 Å². The van der Waals surface area contributed by atoms with Crippen LogP contribution in [0.4, 0.5) is 0 Å². The number of aliphatic hydroxyl groups is 1. The van der Waals surface area contributed by atoms with Crippen LogP contribution in [0.3, 0.4) is 0 Å². The lowest BCUT2D eigenvalue weighted by Gasteiger charge is -2.14. The number of thioether (sulfide) groups is 1. The number of rotatable bonds is 8. The minimum absolute atomic E-state index is 0.0103. The predicted octanol–water partition coefficient (Wildman–Crippen LogP) is 2.85. The van der Waals surface area contributed by atoms with Crippen molar-refractivity contribution < 1.29 is 9.90 Å². The summed E-state index contributed by atoms with van der Waals surface area (Å²) < 4.78 is 0. The molecule has 0 saturated heterocycles. The number of carbonyl (C=O) groups is 1. The van der Waals surface area contributed by atoms with Crippen LogP contribution in [0.5, 0.6) is 0 Å². The van der Waals surface area contributed by atoms with Gasteiger partial charge in [-0.2, -0.15) is 0 Å². The molecule has 0 radical (unpaired) electrons. The highest BCUT2D eigenvalue weighted by Gasteiger charge is 2.10. The maximum atomic E-state index is 12.0. The lowest BCUT2D eigenvalue weighted by Crippen LogP contribution is -2.30. The van der Waals surface area contributed by atoms with Gasteiger partial charge in [-0.05, 0) is 23.8 Å². The number of hydrogen-bond acceptors (Lipinski definition) is 4. The van der Waals surface area contributed by atoms with Crippen LogP contribution in [0.2, 0.25) is 0 Å². The molecule has 2 N–H and O–H groups in total. The highest BCUT2D eigenvalue weighted by molar-refractivity contribution is 8.00. The lowest BCUT2D eigenvalue weighted by molar-refractivity contribution is -0.118. The van der Waals surface area contributed by atoms with E-state index in [1.165, 1.54) is 11.8 Å². The molecule has 1 amide bonds. The predicted molar refractivity (Wildman–Crippen MR) is 91.0 cm³/mol. The quantitative estimate of drug-likeness (QED) is 0.735. The molecule has 1 atom stereocenters. The van der Waals surface area contributed by atoms with Crippen LogP contribution in [-0.2, 0) is 4.79 Å². The van der Waals surface area contributed by atoms with Gasteiger partial charge in [0.1, 0.15) is 5.03 Å².